The lowest BCUT2D eigenvalue weighted by Crippen LogP contribution is -2.53. The van der Waals surface area contributed by atoms with Crippen molar-refractivity contribution in [2.24, 2.45) is 4.99 Å². The zero-order valence-electron chi connectivity index (χ0n) is 18.5. The molecule has 32 heavy (non-hydrogen) atoms. The van der Waals surface area contributed by atoms with Gasteiger partial charge in [0, 0.05) is 52.0 Å². The first-order valence-corrected chi connectivity index (χ1v) is 12.0. The molecule has 0 amide bonds. The van der Waals surface area contributed by atoms with Crippen molar-refractivity contribution in [3.05, 3.63) is 60.2 Å². The molecule has 0 spiro atoms. The summed E-state index contributed by atoms with van der Waals surface area (Å²) in [5.41, 5.74) is 2.10. The smallest absolute Gasteiger partial charge is 0.213 e. The van der Waals surface area contributed by atoms with E-state index in [0.29, 0.717) is 13.1 Å². The monoisotopic (exact) mass is 573 g/mol. The van der Waals surface area contributed by atoms with Gasteiger partial charge in [0.25, 0.3) is 0 Å². The van der Waals surface area contributed by atoms with E-state index in [1.807, 2.05) is 42.5 Å². The summed E-state index contributed by atoms with van der Waals surface area (Å²) in [5, 5.41) is 3.18. The van der Waals surface area contributed by atoms with Gasteiger partial charge in [-0.3, -0.25) is 4.99 Å². The molecule has 0 aromatic heterocycles. The minimum absolute atomic E-state index is 0. The van der Waals surface area contributed by atoms with Gasteiger partial charge >= 0.3 is 0 Å². The third-order valence-electron chi connectivity index (χ3n) is 5.22. The maximum absolute atomic E-state index is 12.3. The predicted octanol–water partition coefficient (Wildman–Crippen LogP) is 2.13. The Labute approximate surface area is 208 Å². The molecule has 1 aliphatic heterocycles. The standard InChI is InChI=1S/C22H31N5O3S.HI/c1-23-22(24-12-17-31(28,29)25-18-19-6-4-3-5-7-19)27-15-13-26(14-16-27)20-8-10-21(30-2)11-9-20;/h3-11,25H,12-18H2,1-2H3,(H,23,24);1H. The summed E-state index contributed by atoms with van der Waals surface area (Å²) in [6.45, 7) is 3.95. The van der Waals surface area contributed by atoms with Gasteiger partial charge in [-0.1, -0.05) is 30.3 Å². The molecule has 176 valence electrons. The molecule has 2 aromatic carbocycles. The molecule has 0 radical (unpaired) electrons. The lowest BCUT2D eigenvalue weighted by molar-refractivity contribution is 0.373. The molecular weight excluding hydrogens is 541 g/mol. The number of sulfonamides is 1. The molecule has 8 nitrogen and oxygen atoms in total. The Morgan fingerprint density at radius 1 is 1.03 bits per heavy atom. The molecule has 1 saturated heterocycles. The highest BCUT2D eigenvalue weighted by Gasteiger charge is 2.20. The number of benzene rings is 2. The van der Waals surface area contributed by atoms with Crippen LogP contribution in [0.2, 0.25) is 0 Å². The zero-order chi connectivity index (χ0) is 22.1. The third kappa shape index (κ3) is 7.82. The Morgan fingerprint density at radius 2 is 1.69 bits per heavy atom. The van der Waals surface area contributed by atoms with Crippen LogP contribution in [0, 0.1) is 0 Å². The van der Waals surface area contributed by atoms with Crippen molar-refractivity contribution in [1.82, 2.24) is 14.9 Å². The molecule has 2 aromatic rings. The van der Waals surface area contributed by atoms with Gasteiger partial charge in [0.15, 0.2) is 5.96 Å². The quantitative estimate of drug-likeness (QED) is 0.286. The van der Waals surface area contributed by atoms with Crippen LogP contribution < -0.4 is 19.7 Å². The highest BCUT2D eigenvalue weighted by molar-refractivity contribution is 14.0. The second-order valence-corrected chi connectivity index (χ2v) is 9.20. The summed E-state index contributed by atoms with van der Waals surface area (Å²) in [5.74, 6) is 1.57. The number of nitrogens with zero attached hydrogens (tertiary/aromatic N) is 3. The number of aliphatic imine (C=N–C) groups is 1. The van der Waals surface area contributed by atoms with Gasteiger partial charge in [-0.15, -0.1) is 24.0 Å². The number of guanidine groups is 1. The summed E-state index contributed by atoms with van der Waals surface area (Å²) < 4.78 is 32.4. The SMILES string of the molecule is CN=C(NCCS(=O)(=O)NCc1ccccc1)N1CCN(c2ccc(OC)cc2)CC1.I. The Hall–Kier alpha value is -2.05. The largest absolute Gasteiger partial charge is 0.497 e. The van der Waals surface area contributed by atoms with E-state index in [4.69, 9.17) is 4.74 Å². The van der Waals surface area contributed by atoms with Crippen LogP contribution in [0.5, 0.6) is 5.75 Å². The van der Waals surface area contributed by atoms with Crippen LogP contribution in [0.15, 0.2) is 59.6 Å². The van der Waals surface area contributed by atoms with Gasteiger partial charge in [0.05, 0.1) is 12.9 Å². The molecule has 1 heterocycles. The summed E-state index contributed by atoms with van der Waals surface area (Å²) >= 11 is 0. The van der Waals surface area contributed by atoms with Crippen molar-refractivity contribution in [2.75, 3.05) is 57.5 Å². The Morgan fingerprint density at radius 3 is 2.28 bits per heavy atom. The molecule has 1 aliphatic rings. The molecule has 1 fully saturated rings. The van der Waals surface area contributed by atoms with Gasteiger partial charge < -0.3 is 19.9 Å². The summed E-state index contributed by atoms with van der Waals surface area (Å²) in [6.07, 6.45) is 0. The van der Waals surface area contributed by atoms with Crippen LogP contribution in [-0.4, -0.2) is 71.9 Å². The highest BCUT2D eigenvalue weighted by Crippen LogP contribution is 2.20. The van der Waals surface area contributed by atoms with Gasteiger partial charge in [-0.2, -0.15) is 0 Å². The molecule has 0 aliphatic carbocycles. The molecule has 0 atom stereocenters. The fourth-order valence-corrected chi connectivity index (χ4v) is 4.36. The molecule has 0 saturated carbocycles. The number of anilines is 1. The van der Waals surface area contributed by atoms with E-state index in [-0.39, 0.29) is 29.7 Å². The normalized spacial score (nSPS) is 14.6. The van der Waals surface area contributed by atoms with E-state index in [9.17, 15) is 8.42 Å². The molecule has 3 rings (SSSR count). The summed E-state index contributed by atoms with van der Waals surface area (Å²) in [4.78, 5) is 8.80. The van der Waals surface area contributed by atoms with Crippen LogP contribution in [0.25, 0.3) is 0 Å². The van der Waals surface area contributed by atoms with Crippen molar-refractivity contribution >= 4 is 45.6 Å². The highest BCUT2D eigenvalue weighted by atomic mass is 127. The second-order valence-electron chi connectivity index (χ2n) is 7.27. The van der Waals surface area contributed by atoms with Crippen LogP contribution in [0.4, 0.5) is 5.69 Å². The van der Waals surface area contributed by atoms with Crippen LogP contribution >= 0.6 is 24.0 Å². The Bertz CT molecular complexity index is 947. The average molecular weight is 574 g/mol. The number of ether oxygens (including phenoxy) is 1. The minimum Gasteiger partial charge on any atom is -0.497 e. The number of piperazine rings is 1. The first-order chi connectivity index (χ1) is 15.0. The van der Waals surface area contributed by atoms with Crippen LogP contribution in [0.1, 0.15) is 5.56 Å². The van der Waals surface area contributed by atoms with E-state index in [1.54, 1.807) is 14.2 Å². The number of methoxy groups -OCH3 is 1. The number of nitrogens with one attached hydrogen (secondary N) is 2. The zero-order valence-corrected chi connectivity index (χ0v) is 21.7. The molecule has 10 heteroatoms. The second kappa shape index (κ2) is 12.9. The van der Waals surface area contributed by atoms with Crippen LogP contribution in [0.3, 0.4) is 0 Å². The fraction of sp³-hybridized carbons (Fsp3) is 0.409. The first-order valence-electron chi connectivity index (χ1n) is 10.4. The van der Waals surface area contributed by atoms with Gasteiger partial charge in [-0.25, -0.2) is 13.1 Å². The van der Waals surface area contributed by atoms with Gasteiger partial charge in [0.1, 0.15) is 5.75 Å². The lowest BCUT2D eigenvalue weighted by atomic mass is 10.2. The van der Waals surface area contributed by atoms with E-state index in [0.717, 1.165) is 43.5 Å². The summed E-state index contributed by atoms with van der Waals surface area (Å²) in [7, 11) is 0.0168. The van der Waals surface area contributed by atoms with Crippen LogP contribution in [-0.2, 0) is 16.6 Å². The maximum atomic E-state index is 12.3. The van der Waals surface area contributed by atoms with Crippen molar-refractivity contribution in [3.8, 4) is 5.75 Å². The topological polar surface area (TPSA) is 86.3 Å². The molecular formula is C22H32IN5O3S. The van der Waals surface area contributed by atoms with E-state index in [2.05, 4.69) is 37.0 Å². The summed E-state index contributed by atoms with van der Waals surface area (Å²) in [6, 6.07) is 17.5. The van der Waals surface area contributed by atoms with Crippen molar-refractivity contribution in [2.45, 2.75) is 6.54 Å². The van der Waals surface area contributed by atoms with Gasteiger partial charge in [-0.05, 0) is 29.8 Å². The van der Waals surface area contributed by atoms with Crippen molar-refractivity contribution < 1.29 is 13.2 Å². The average Bonchev–Trinajstić information content (AvgIpc) is 2.81. The van der Waals surface area contributed by atoms with E-state index >= 15 is 0 Å². The maximum Gasteiger partial charge on any atom is 0.213 e. The Balaban J connectivity index is 0.00000363. The fourth-order valence-electron chi connectivity index (χ4n) is 3.46. The molecule has 0 bridgehead atoms. The van der Waals surface area contributed by atoms with Gasteiger partial charge in [0.2, 0.25) is 10.0 Å². The lowest BCUT2D eigenvalue weighted by Gasteiger charge is -2.37. The predicted molar refractivity (Wildman–Crippen MR) is 141 cm³/mol. The first kappa shape index (κ1) is 26.2. The number of hydrogen-bond donors (Lipinski definition) is 2. The third-order valence-corrected chi connectivity index (χ3v) is 6.55. The van der Waals surface area contributed by atoms with E-state index < -0.39 is 10.0 Å². The number of halogens is 1. The van der Waals surface area contributed by atoms with Crippen molar-refractivity contribution in [3.63, 3.8) is 0 Å². The van der Waals surface area contributed by atoms with Crippen molar-refractivity contribution in [1.29, 1.82) is 0 Å². The molecule has 0 unspecified atom stereocenters. The Kier molecular flexibility index (Phi) is 10.5. The number of hydrogen-bond acceptors (Lipinski definition) is 5. The minimum atomic E-state index is -3.37. The number of rotatable bonds is 8. The molecule has 2 N–H and O–H groups in total. The van der Waals surface area contributed by atoms with E-state index in [1.165, 1.54) is 5.69 Å².